The number of aryl methyl sites for hydroxylation is 2. The summed E-state index contributed by atoms with van der Waals surface area (Å²) >= 11 is 0. The maximum Gasteiger partial charge on any atom is 0.130 e. The molecule has 9 rings (SSSR count). The van der Waals surface area contributed by atoms with Crippen LogP contribution in [0.15, 0.2) is 237 Å². The van der Waals surface area contributed by atoms with Gasteiger partial charge in [-0.15, -0.1) is 0 Å². The number of benzene rings is 9. The van der Waals surface area contributed by atoms with Gasteiger partial charge < -0.3 is 14.2 Å². The highest BCUT2D eigenvalue weighted by Crippen LogP contribution is 2.33. The highest BCUT2D eigenvalue weighted by atomic mass is 16.5. The van der Waals surface area contributed by atoms with Crippen molar-refractivity contribution in [2.75, 3.05) is 0 Å². The Labute approximate surface area is 354 Å². The lowest BCUT2D eigenvalue weighted by atomic mass is 10.00. The Morgan fingerprint density at radius 1 is 0.267 bits per heavy atom. The second-order valence-electron chi connectivity index (χ2n) is 14.3. The molecule has 3 heteroatoms. The summed E-state index contributed by atoms with van der Waals surface area (Å²) in [5.74, 6) is 5.22. The van der Waals surface area contributed by atoms with Gasteiger partial charge in [-0.2, -0.15) is 0 Å². The zero-order valence-corrected chi connectivity index (χ0v) is 34.2. The Balaban J connectivity index is 0.000000136. The maximum absolute atomic E-state index is 5.97. The molecule has 0 fully saturated rings. The summed E-state index contributed by atoms with van der Waals surface area (Å²) in [4.78, 5) is 0. The van der Waals surface area contributed by atoms with Crippen molar-refractivity contribution in [3.8, 4) is 67.9 Å². The van der Waals surface area contributed by atoms with Gasteiger partial charge in [0.25, 0.3) is 0 Å². The zero-order valence-electron chi connectivity index (χ0n) is 34.2. The predicted molar refractivity (Wildman–Crippen MR) is 249 cm³/mol. The van der Waals surface area contributed by atoms with E-state index in [2.05, 4.69) is 130 Å². The summed E-state index contributed by atoms with van der Waals surface area (Å²) < 4.78 is 17.7. The smallest absolute Gasteiger partial charge is 0.130 e. The van der Waals surface area contributed by atoms with Crippen LogP contribution < -0.4 is 14.2 Å². The highest BCUT2D eigenvalue weighted by molar-refractivity contribution is 5.70. The van der Waals surface area contributed by atoms with Crippen LogP contribution in [0.2, 0.25) is 0 Å². The van der Waals surface area contributed by atoms with Crippen molar-refractivity contribution in [2.24, 2.45) is 0 Å². The van der Waals surface area contributed by atoms with Crippen molar-refractivity contribution < 1.29 is 14.2 Å². The molecule has 0 radical (unpaired) electrons. The van der Waals surface area contributed by atoms with Gasteiger partial charge in [-0.05, 0) is 138 Å². The van der Waals surface area contributed by atoms with E-state index in [-0.39, 0.29) is 0 Å². The van der Waals surface area contributed by atoms with Crippen LogP contribution in [0.5, 0.6) is 34.5 Å². The van der Waals surface area contributed by atoms with E-state index in [1.165, 1.54) is 44.5 Å². The Morgan fingerprint density at radius 2 is 0.717 bits per heavy atom. The van der Waals surface area contributed by atoms with Crippen LogP contribution in [0.1, 0.15) is 16.7 Å². The molecule has 0 saturated heterocycles. The monoisotopic (exact) mass is 780 g/mol. The number of hydrogen-bond donors (Lipinski definition) is 0. The predicted octanol–water partition coefficient (Wildman–Crippen LogP) is 16.4. The van der Waals surface area contributed by atoms with Gasteiger partial charge >= 0.3 is 0 Å². The minimum absolute atomic E-state index is 0.858. The molecule has 0 aromatic heterocycles. The molecule has 0 saturated carbocycles. The molecule has 0 atom stereocenters. The van der Waals surface area contributed by atoms with Crippen LogP contribution in [-0.2, 0) is 0 Å². The summed E-state index contributed by atoms with van der Waals surface area (Å²) in [6.45, 7) is 6.30. The van der Waals surface area contributed by atoms with Gasteiger partial charge in [-0.3, -0.25) is 0 Å². The molecule has 3 nitrogen and oxygen atoms in total. The molecule has 0 N–H and O–H groups in total. The Kier molecular flexibility index (Phi) is 14.0. The summed E-state index contributed by atoms with van der Waals surface area (Å²) in [7, 11) is 0. The SMILES string of the molecule is Cc1c(Oc2ccccc2)cccc1-c1ccccc1.Cc1cc(Oc2ccccc2)cc(-c2ccccc2)c1.Cc1cc(Oc2ccccc2)ccc1-c1ccccc1. The van der Waals surface area contributed by atoms with Crippen molar-refractivity contribution in [1.29, 1.82) is 0 Å². The van der Waals surface area contributed by atoms with E-state index in [0.717, 1.165) is 40.1 Å². The van der Waals surface area contributed by atoms with Gasteiger partial charge in [0.1, 0.15) is 34.5 Å². The van der Waals surface area contributed by atoms with E-state index in [9.17, 15) is 0 Å². The standard InChI is InChI=1S/3C19H16O/c1-15-18(16-9-4-2-5-10-16)13-8-14-19(15)20-17-11-6-3-7-12-17;1-15-12-17(16-8-4-2-5-9-16)14-19(13-15)20-18-10-6-3-7-11-18;1-15-14-18(20-17-10-6-3-7-11-17)12-13-19(15)16-8-4-2-5-9-16/h3*2-14H,1H3. The molecular weight excluding hydrogens is 733 g/mol. The van der Waals surface area contributed by atoms with Crippen molar-refractivity contribution in [3.63, 3.8) is 0 Å². The van der Waals surface area contributed by atoms with Gasteiger partial charge in [0.05, 0.1) is 0 Å². The van der Waals surface area contributed by atoms with Gasteiger partial charge in [-0.1, -0.05) is 170 Å². The lowest BCUT2D eigenvalue weighted by Gasteiger charge is -2.12. The third-order valence-corrected chi connectivity index (χ3v) is 9.74. The minimum Gasteiger partial charge on any atom is -0.457 e. The number of rotatable bonds is 9. The largest absolute Gasteiger partial charge is 0.457 e. The molecular formula is C57H48O3. The fourth-order valence-electron chi connectivity index (χ4n) is 6.77. The van der Waals surface area contributed by atoms with Gasteiger partial charge in [-0.25, -0.2) is 0 Å². The summed E-state index contributed by atoms with van der Waals surface area (Å²) in [5, 5.41) is 0. The topological polar surface area (TPSA) is 27.7 Å². The van der Waals surface area contributed by atoms with Crippen LogP contribution in [0.4, 0.5) is 0 Å². The van der Waals surface area contributed by atoms with Gasteiger partial charge in [0, 0.05) is 0 Å². The second kappa shape index (κ2) is 20.7. The first kappa shape index (κ1) is 40.6. The summed E-state index contributed by atoms with van der Waals surface area (Å²) in [6, 6.07) is 79.4. The third-order valence-electron chi connectivity index (χ3n) is 9.74. The lowest BCUT2D eigenvalue weighted by Crippen LogP contribution is -1.90. The fourth-order valence-corrected chi connectivity index (χ4v) is 6.77. The lowest BCUT2D eigenvalue weighted by molar-refractivity contribution is 0.479. The van der Waals surface area contributed by atoms with Crippen molar-refractivity contribution >= 4 is 0 Å². The number of hydrogen-bond acceptors (Lipinski definition) is 3. The summed E-state index contributed by atoms with van der Waals surface area (Å²) in [5.41, 5.74) is 10.8. The Bertz CT molecular complexity index is 2660. The summed E-state index contributed by atoms with van der Waals surface area (Å²) in [6.07, 6.45) is 0. The van der Waals surface area contributed by atoms with Crippen molar-refractivity contribution in [3.05, 3.63) is 253 Å². The normalized spacial score (nSPS) is 10.2. The molecule has 0 aliphatic heterocycles. The molecule has 9 aromatic rings. The minimum atomic E-state index is 0.858. The van der Waals surface area contributed by atoms with Crippen LogP contribution in [0.3, 0.4) is 0 Å². The van der Waals surface area contributed by atoms with Gasteiger partial charge in [0.2, 0.25) is 0 Å². The van der Waals surface area contributed by atoms with E-state index in [0.29, 0.717) is 0 Å². The van der Waals surface area contributed by atoms with Crippen molar-refractivity contribution in [2.45, 2.75) is 20.8 Å². The van der Waals surface area contributed by atoms with Crippen molar-refractivity contribution in [1.82, 2.24) is 0 Å². The fraction of sp³-hybridized carbons (Fsp3) is 0.0526. The third kappa shape index (κ3) is 11.5. The van der Waals surface area contributed by atoms with Crippen LogP contribution >= 0.6 is 0 Å². The molecule has 0 amide bonds. The second-order valence-corrected chi connectivity index (χ2v) is 14.3. The Hall–Kier alpha value is -7.62. The number of para-hydroxylation sites is 3. The zero-order chi connectivity index (χ0) is 41.4. The van der Waals surface area contributed by atoms with E-state index >= 15 is 0 Å². The first-order valence-electron chi connectivity index (χ1n) is 20.2. The molecule has 0 aliphatic rings. The maximum atomic E-state index is 5.97. The first-order valence-corrected chi connectivity index (χ1v) is 20.2. The quantitative estimate of drug-likeness (QED) is 0.146. The van der Waals surface area contributed by atoms with Gasteiger partial charge in [0.15, 0.2) is 0 Å². The van der Waals surface area contributed by atoms with E-state index < -0.39 is 0 Å². The van der Waals surface area contributed by atoms with E-state index in [1.807, 2.05) is 127 Å². The molecule has 60 heavy (non-hydrogen) atoms. The van der Waals surface area contributed by atoms with Crippen LogP contribution in [-0.4, -0.2) is 0 Å². The molecule has 0 bridgehead atoms. The molecule has 9 aromatic carbocycles. The Morgan fingerprint density at radius 3 is 1.23 bits per heavy atom. The van der Waals surface area contributed by atoms with Crippen LogP contribution in [0, 0.1) is 20.8 Å². The molecule has 0 spiro atoms. The average Bonchev–Trinajstić information content (AvgIpc) is 3.29. The number of ether oxygens (including phenoxy) is 3. The first-order chi connectivity index (χ1) is 29.5. The average molecular weight is 781 g/mol. The van der Waals surface area contributed by atoms with Crippen LogP contribution in [0.25, 0.3) is 33.4 Å². The highest BCUT2D eigenvalue weighted by Gasteiger charge is 2.08. The molecule has 294 valence electrons. The molecule has 0 heterocycles. The van der Waals surface area contributed by atoms with E-state index in [4.69, 9.17) is 14.2 Å². The molecule has 0 unspecified atom stereocenters. The van der Waals surface area contributed by atoms with E-state index in [1.54, 1.807) is 0 Å². The molecule has 0 aliphatic carbocycles.